The monoisotopic (exact) mass is 463 g/mol. The number of aliphatic imine (C=N–C) groups is 1. The van der Waals surface area contributed by atoms with Crippen molar-refractivity contribution in [2.45, 2.75) is 12.7 Å². The van der Waals surface area contributed by atoms with Crippen LogP contribution in [0.3, 0.4) is 0 Å². The summed E-state index contributed by atoms with van der Waals surface area (Å²) in [5, 5.41) is 12.7. The van der Waals surface area contributed by atoms with Crippen LogP contribution in [-0.2, 0) is 11.3 Å². The largest absolute Gasteiger partial charge is 0.465 e. The number of fused-ring (bicyclic) bond motifs is 1. The van der Waals surface area contributed by atoms with E-state index < -0.39 is 18.2 Å². The summed E-state index contributed by atoms with van der Waals surface area (Å²) in [6, 6.07) is 24.1. The van der Waals surface area contributed by atoms with Gasteiger partial charge in [-0.25, -0.2) is 9.79 Å². The molecule has 0 bridgehead atoms. The third-order valence-electron chi connectivity index (χ3n) is 4.79. The molecule has 0 saturated carbocycles. The zero-order valence-electron chi connectivity index (χ0n) is 15.8. The van der Waals surface area contributed by atoms with Crippen molar-refractivity contribution in [2.24, 2.45) is 4.99 Å². The molecule has 0 spiro atoms. The van der Waals surface area contributed by atoms with E-state index in [2.05, 4.69) is 26.2 Å². The number of rotatable bonds is 4. The van der Waals surface area contributed by atoms with Crippen molar-refractivity contribution in [3.8, 4) is 0 Å². The maximum absolute atomic E-state index is 13.1. The third-order valence-corrected chi connectivity index (χ3v) is 5.45. The fraction of sp³-hybridized carbons (Fsp3) is 0.0870. The molecule has 1 heterocycles. The van der Waals surface area contributed by atoms with E-state index in [0.717, 1.165) is 21.6 Å². The first kappa shape index (κ1) is 19.8. The van der Waals surface area contributed by atoms with Crippen LogP contribution in [0.5, 0.6) is 0 Å². The van der Waals surface area contributed by atoms with Gasteiger partial charge in [0.2, 0.25) is 6.17 Å². The maximum atomic E-state index is 13.1. The smallest absolute Gasteiger partial charge is 0.409 e. The highest BCUT2D eigenvalue weighted by Gasteiger charge is 2.34. The molecule has 1 aliphatic rings. The Morgan fingerprint density at radius 2 is 1.67 bits per heavy atom. The molecule has 1 atom stereocenters. The van der Waals surface area contributed by atoms with Crippen LogP contribution in [0.4, 0.5) is 10.5 Å². The summed E-state index contributed by atoms with van der Waals surface area (Å²) in [6.45, 7) is 0.0390. The average Bonchev–Trinajstić information content (AvgIpc) is 2.90. The summed E-state index contributed by atoms with van der Waals surface area (Å²) in [4.78, 5) is 30.9. The normalized spacial score (nSPS) is 15.4. The minimum atomic E-state index is -1.24. The van der Waals surface area contributed by atoms with Crippen LogP contribution in [0.1, 0.15) is 16.7 Å². The first-order chi connectivity index (χ1) is 14.5. The highest BCUT2D eigenvalue weighted by atomic mass is 79.9. The van der Waals surface area contributed by atoms with Crippen LogP contribution < -0.4 is 5.32 Å². The molecular weight excluding hydrogens is 446 g/mol. The fourth-order valence-corrected chi connectivity index (χ4v) is 3.83. The standard InChI is InChI=1S/C23H18BrN3O3/c24-18-13-7-12-17-19(16-10-5-2-6-11-16)25-21(22(28)26-20(17)18)27(23(29)30)14-15-8-3-1-4-9-15/h1-13,21H,14H2,(H,26,28)(H,29,30). The number of nitrogens with one attached hydrogen (secondary N) is 1. The summed E-state index contributed by atoms with van der Waals surface area (Å²) < 4.78 is 0.697. The van der Waals surface area contributed by atoms with Crippen molar-refractivity contribution in [3.63, 3.8) is 0 Å². The lowest BCUT2D eigenvalue weighted by atomic mass is 10.0. The lowest BCUT2D eigenvalue weighted by molar-refractivity contribution is -0.120. The molecule has 0 aliphatic carbocycles. The number of anilines is 1. The number of benzene rings is 3. The summed E-state index contributed by atoms with van der Waals surface area (Å²) >= 11 is 3.48. The first-order valence-corrected chi connectivity index (χ1v) is 10.1. The topological polar surface area (TPSA) is 82.0 Å². The Morgan fingerprint density at radius 1 is 1.00 bits per heavy atom. The van der Waals surface area contributed by atoms with Crippen LogP contribution >= 0.6 is 15.9 Å². The molecule has 0 saturated heterocycles. The van der Waals surface area contributed by atoms with Crippen LogP contribution in [0.15, 0.2) is 88.3 Å². The molecule has 0 fully saturated rings. The molecule has 3 aromatic rings. The van der Waals surface area contributed by atoms with Gasteiger partial charge in [-0.05, 0) is 27.6 Å². The van der Waals surface area contributed by atoms with Gasteiger partial charge in [-0.1, -0.05) is 72.8 Å². The Hall–Kier alpha value is -3.45. The second-order valence-electron chi connectivity index (χ2n) is 6.77. The van der Waals surface area contributed by atoms with Crippen LogP contribution in [-0.4, -0.2) is 33.9 Å². The predicted molar refractivity (Wildman–Crippen MR) is 119 cm³/mol. The van der Waals surface area contributed by atoms with Crippen molar-refractivity contribution in [3.05, 3.63) is 100 Å². The van der Waals surface area contributed by atoms with Crippen LogP contribution in [0, 0.1) is 0 Å². The SMILES string of the molecule is O=C1Nc2c(Br)cccc2C(c2ccccc2)=NC1N(Cc1ccccc1)C(=O)O. The molecule has 0 radical (unpaired) electrons. The average molecular weight is 464 g/mol. The van der Waals surface area contributed by atoms with E-state index in [4.69, 9.17) is 0 Å². The van der Waals surface area contributed by atoms with Gasteiger partial charge in [0.15, 0.2) is 0 Å². The Labute approximate surface area is 182 Å². The van der Waals surface area contributed by atoms with E-state index in [1.54, 1.807) is 0 Å². The van der Waals surface area contributed by atoms with E-state index in [1.165, 1.54) is 0 Å². The third kappa shape index (κ3) is 3.97. The first-order valence-electron chi connectivity index (χ1n) is 9.31. The second-order valence-corrected chi connectivity index (χ2v) is 7.62. The van der Waals surface area contributed by atoms with Crippen LogP contribution in [0.25, 0.3) is 0 Å². The number of halogens is 1. The van der Waals surface area contributed by atoms with Crippen molar-refractivity contribution in [1.29, 1.82) is 0 Å². The molecule has 4 rings (SSSR count). The van der Waals surface area contributed by atoms with Crippen molar-refractivity contribution in [1.82, 2.24) is 4.90 Å². The number of hydrogen-bond acceptors (Lipinski definition) is 3. The molecule has 6 nitrogen and oxygen atoms in total. The molecule has 30 heavy (non-hydrogen) atoms. The summed E-state index contributed by atoms with van der Waals surface area (Å²) in [6.07, 6.45) is -2.46. The molecule has 150 valence electrons. The van der Waals surface area contributed by atoms with Crippen molar-refractivity contribution in [2.75, 3.05) is 5.32 Å². The molecule has 0 aromatic heterocycles. The van der Waals surface area contributed by atoms with Gasteiger partial charge in [0, 0.05) is 15.6 Å². The van der Waals surface area contributed by atoms with Crippen molar-refractivity contribution < 1.29 is 14.7 Å². The van der Waals surface area contributed by atoms with Gasteiger partial charge < -0.3 is 10.4 Å². The molecule has 2 amide bonds. The number of amides is 2. The second kappa shape index (κ2) is 8.51. The molecule has 3 aromatic carbocycles. The number of carboxylic acid groups (broad SMARTS) is 1. The van der Waals surface area contributed by atoms with E-state index in [1.807, 2.05) is 78.9 Å². The van der Waals surface area contributed by atoms with Gasteiger partial charge >= 0.3 is 6.09 Å². The Balaban J connectivity index is 1.84. The van der Waals surface area contributed by atoms with Gasteiger partial charge in [0.05, 0.1) is 17.9 Å². The predicted octanol–water partition coefficient (Wildman–Crippen LogP) is 4.74. The Morgan fingerprint density at radius 3 is 2.33 bits per heavy atom. The lowest BCUT2D eigenvalue weighted by Crippen LogP contribution is -2.45. The van der Waals surface area contributed by atoms with Gasteiger partial charge in [0.1, 0.15) is 0 Å². The van der Waals surface area contributed by atoms with E-state index in [-0.39, 0.29) is 6.54 Å². The van der Waals surface area contributed by atoms with Gasteiger partial charge in [-0.2, -0.15) is 0 Å². The minimum absolute atomic E-state index is 0.0390. The van der Waals surface area contributed by atoms with Crippen LogP contribution in [0.2, 0.25) is 0 Å². The Bertz CT molecular complexity index is 1120. The minimum Gasteiger partial charge on any atom is -0.465 e. The number of carbonyl (C=O) groups is 2. The maximum Gasteiger partial charge on any atom is 0.409 e. The van der Waals surface area contributed by atoms with Gasteiger partial charge in [-0.15, -0.1) is 0 Å². The number of para-hydroxylation sites is 1. The number of carbonyl (C=O) groups excluding carboxylic acids is 1. The van der Waals surface area contributed by atoms with E-state index in [9.17, 15) is 14.7 Å². The molecule has 1 aliphatic heterocycles. The summed E-state index contributed by atoms with van der Waals surface area (Å²) in [5.74, 6) is -0.507. The lowest BCUT2D eigenvalue weighted by Gasteiger charge is -2.25. The number of nitrogens with zero attached hydrogens (tertiary/aromatic N) is 2. The van der Waals surface area contributed by atoms with Gasteiger partial charge in [-0.3, -0.25) is 9.69 Å². The highest BCUT2D eigenvalue weighted by Crippen LogP contribution is 2.32. The number of benzodiazepines with no additional fused rings is 1. The zero-order chi connectivity index (χ0) is 21.1. The zero-order valence-corrected chi connectivity index (χ0v) is 17.4. The van der Waals surface area contributed by atoms with E-state index in [0.29, 0.717) is 15.9 Å². The molecule has 2 N–H and O–H groups in total. The fourth-order valence-electron chi connectivity index (χ4n) is 3.36. The Kier molecular flexibility index (Phi) is 5.63. The quantitative estimate of drug-likeness (QED) is 0.585. The molecule has 7 heteroatoms. The highest BCUT2D eigenvalue weighted by molar-refractivity contribution is 9.10. The van der Waals surface area contributed by atoms with Gasteiger partial charge in [0.25, 0.3) is 5.91 Å². The summed E-state index contributed by atoms with van der Waals surface area (Å²) in [5.41, 5.74) is 3.40. The number of hydrogen-bond donors (Lipinski definition) is 2. The molecular formula is C23H18BrN3O3. The molecule has 1 unspecified atom stereocenters. The van der Waals surface area contributed by atoms with Crippen molar-refractivity contribution >= 4 is 39.3 Å². The summed E-state index contributed by atoms with van der Waals surface area (Å²) in [7, 11) is 0. The van der Waals surface area contributed by atoms with E-state index >= 15 is 0 Å².